The molecule has 0 saturated heterocycles. The highest BCUT2D eigenvalue weighted by atomic mass is 32.2. The van der Waals surface area contributed by atoms with E-state index in [9.17, 15) is 4.79 Å². The molecule has 1 N–H and O–H groups in total. The second-order valence-corrected chi connectivity index (χ2v) is 6.35. The molecule has 2 heterocycles. The average molecular weight is 303 g/mol. The maximum Gasteiger partial charge on any atom is 0.356 e. The molecule has 0 amide bonds. The van der Waals surface area contributed by atoms with Gasteiger partial charge in [-0.05, 0) is 37.4 Å². The lowest BCUT2D eigenvalue weighted by Crippen LogP contribution is -2.03. The van der Waals surface area contributed by atoms with Gasteiger partial charge in [0.15, 0.2) is 10.9 Å². The molecule has 8 heteroatoms. The second-order valence-electron chi connectivity index (χ2n) is 5.36. The van der Waals surface area contributed by atoms with Gasteiger partial charge >= 0.3 is 5.97 Å². The summed E-state index contributed by atoms with van der Waals surface area (Å²) in [6.07, 6.45) is 7.48. The van der Waals surface area contributed by atoms with Crippen LogP contribution in [0.2, 0.25) is 0 Å². The molecule has 2 aliphatic rings. The molecule has 0 bridgehead atoms. The highest BCUT2D eigenvalue weighted by Crippen LogP contribution is 2.46. The topological polar surface area (TPSA) is 93.8 Å². The fraction of sp³-hybridized carbons (Fsp3) is 0.462. The van der Waals surface area contributed by atoms with Crippen molar-refractivity contribution in [3.63, 3.8) is 0 Å². The summed E-state index contributed by atoms with van der Waals surface area (Å²) in [5.74, 6) is 0.583. The van der Waals surface area contributed by atoms with E-state index in [-0.39, 0.29) is 5.69 Å². The van der Waals surface area contributed by atoms with Gasteiger partial charge in [0.2, 0.25) is 0 Å². The summed E-state index contributed by atoms with van der Waals surface area (Å²) in [4.78, 5) is 18.8. The Morgan fingerprint density at radius 2 is 2.00 bits per heavy atom. The first-order chi connectivity index (χ1) is 10.2. The highest BCUT2D eigenvalue weighted by molar-refractivity contribution is 7.99. The van der Waals surface area contributed by atoms with Crippen molar-refractivity contribution in [3.05, 3.63) is 23.9 Å². The largest absolute Gasteiger partial charge is 0.476 e. The first-order valence-corrected chi connectivity index (χ1v) is 7.72. The van der Waals surface area contributed by atoms with Gasteiger partial charge < -0.3 is 9.67 Å². The van der Waals surface area contributed by atoms with Gasteiger partial charge in [-0.25, -0.2) is 14.8 Å². The van der Waals surface area contributed by atoms with Crippen molar-refractivity contribution in [1.29, 1.82) is 0 Å². The zero-order valence-corrected chi connectivity index (χ0v) is 12.0. The van der Waals surface area contributed by atoms with Gasteiger partial charge in [-0.1, -0.05) is 0 Å². The minimum atomic E-state index is -1.07. The Labute approximate surface area is 124 Å². The van der Waals surface area contributed by atoms with Gasteiger partial charge in [0.25, 0.3) is 0 Å². The van der Waals surface area contributed by atoms with Crippen LogP contribution in [0.5, 0.6) is 0 Å². The molecule has 0 atom stereocenters. The average Bonchev–Trinajstić information content (AvgIpc) is 3.39. The maximum absolute atomic E-state index is 10.8. The standard InChI is InChI=1S/C13H13N5O2S/c19-12(20)9-5-15-10(6-14-9)21-13-17-16-11(7-1-2-7)18(13)8-3-4-8/h5-8H,1-4H2,(H,19,20). The minimum Gasteiger partial charge on any atom is -0.476 e. The van der Waals surface area contributed by atoms with Gasteiger partial charge in [-0.3, -0.25) is 0 Å². The van der Waals surface area contributed by atoms with Crippen LogP contribution in [0.3, 0.4) is 0 Å². The minimum absolute atomic E-state index is 0.0540. The molecule has 4 rings (SSSR count). The van der Waals surface area contributed by atoms with Crippen LogP contribution < -0.4 is 0 Å². The van der Waals surface area contributed by atoms with E-state index in [0.717, 1.165) is 11.0 Å². The highest BCUT2D eigenvalue weighted by Gasteiger charge is 2.36. The number of rotatable bonds is 5. The summed E-state index contributed by atoms with van der Waals surface area (Å²) in [7, 11) is 0. The molecule has 0 spiro atoms. The molecule has 21 heavy (non-hydrogen) atoms. The van der Waals surface area contributed by atoms with Gasteiger partial charge in [-0.15, -0.1) is 10.2 Å². The van der Waals surface area contributed by atoms with E-state index in [1.807, 2.05) is 0 Å². The van der Waals surface area contributed by atoms with Gasteiger partial charge in [-0.2, -0.15) is 0 Å². The van der Waals surface area contributed by atoms with Crippen molar-refractivity contribution >= 4 is 17.7 Å². The van der Waals surface area contributed by atoms with Gasteiger partial charge in [0.1, 0.15) is 10.9 Å². The molecule has 0 radical (unpaired) electrons. The van der Waals surface area contributed by atoms with Crippen molar-refractivity contribution in [3.8, 4) is 0 Å². The molecule has 2 aromatic heterocycles. The van der Waals surface area contributed by atoms with Crippen LogP contribution in [0.15, 0.2) is 22.6 Å². The molecule has 2 fully saturated rings. The van der Waals surface area contributed by atoms with E-state index in [1.54, 1.807) is 0 Å². The zero-order chi connectivity index (χ0) is 14.4. The SMILES string of the molecule is O=C(O)c1cnc(Sc2nnc(C3CC3)n2C2CC2)cn1. The number of aromatic nitrogens is 5. The molecule has 7 nitrogen and oxygen atoms in total. The van der Waals surface area contributed by atoms with Crippen LogP contribution in [0, 0.1) is 0 Å². The second kappa shape index (κ2) is 4.80. The molecule has 0 aromatic carbocycles. The van der Waals surface area contributed by atoms with E-state index < -0.39 is 5.97 Å². The lowest BCUT2D eigenvalue weighted by molar-refractivity contribution is 0.0689. The Bertz CT molecular complexity index is 691. The van der Waals surface area contributed by atoms with E-state index in [2.05, 4.69) is 24.7 Å². The fourth-order valence-electron chi connectivity index (χ4n) is 2.23. The van der Waals surface area contributed by atoms with Crippen LogP contribution in [-0.2, 0) is 0 Å². The van der Waals surface area contributed by atoms with E-state index in [0.29, 0.717) is 17.0 Å². The van der Waals surface area contributed by atoms with Crippen LogP contribution in [0.25, 0.3) is 0 Å². The Morgan fingerprint density at radius 3 is 2.57 bits per heavy atom. The predicted octanol–water partition coefficient (Wildman–Crippen LogP) is 2.13. The van der Waals surface area contributed by atoms with Crippen molar-refractivity contribution in [2.75, 3.05) is 0 Å². The zero-order valence-electron chi connectivity index (χ0n) is 11.1. The van der Waals surface area contributed by atoms with Gasteiger partial charge in [0, 0.05) is 12.0 Å². The third-order valence-electron chi connectivity index (χ3n) is 3.59. The Balaban J connectivity index is 1.60. The summed E-state index contributed by atoms with van der Waals surface area (Å²) >= 11 is 1.39. The number of carboxylic acids is 1. The number of carbonyl (C=O) groups is 1. The number of aromatic carboxylic acids is 1. The monoisotopic (exact) mass is 303 g/mol. The van der Waals surface area contributed by atoms with E-state index in [4.69, 9.17) is 5.11 Å². The lowest BCUT2D eigenvalue weighted by Gasteiger charge is -2.07. The summed E-state index contributed by atoms with van der Waals surface area (Å²) < 4.78 is 2.23. The number of nitrogens with zero attached hydrogens (tertiary/aromatic N) is 5. The van der Waals surface area contributed by atoms with Crippen molar-refractivity contribution in [2.45, 2.75) is 47.8 Å². The molecule has 2 aliphatic carbocycles. The lowest BCUT2D eigenvalue weighted by atomic mass is 10.4. The first-order valence-electron chi connectivity index (χ1n) is 6.90. The van der Waals surface area contributed by atoms with Crippen molar-refractivity contribution in [1.82, 2.24) is 24.7 Å². The quantitative estimate of drug-likeness (QED) is 0.904. The number of hydrogen-bond acceptors (Lipinski definition) is 6. The normalized spacial score (nSPS) is 17.9. The third-order valence-corrected chi connectivity index (χ3v) is 4.47. The summed E-state index contributed by atoms with van der Waals surface area (Å²) in [6.45, 7) is 0. The third kappa shape index (κ3) is 2.51. The van der Waals surface area contributed by atoms with Crippen LogP contribution in [0.1, 0.15) is 54.0 Å². The smallest absolute Gasteiger partial charge is 0.356 e. The molecular formula is C13H13N5O2S. The van der Waals surface area contributed by atoms with Gasteiger partial charge in [0.05, 0.1) is 12.4 Å². The number of hydrogen-bond donors (Lipinski definition) is 1. The Hall–Kier alpha value is -1.96. The summed E-state index contributed by atoms with van der Waals surface area (Å²) in [5.41, 5.74) is -0.0540. The first kappa shape index (κ1) is 12.8. The molecule has 2 aromatic rings. The molecular weight excluding hydrogens is 290 g/mol. The van der Waals surface area contributed by atoms with E-state index in [1.165, 1.54) is 49.8 Å². The maximum atomic E-state index is 10.8. The van der Waals surface area contributed by atoms with E-state index >= 15 is 0 Å². The Morgan fingerprint density at radius 1 is 1.19 bits per heavy atom. The number of carboxylic acid groups (broad SMARTS) is 1. The summed E-state index contributed by atoms with van der Waals surface area (Å²) in [6, 6.07) is 0.518. The predicted molar refractivity (Wildman–Crippen MR) is 73.4 cm³/mol. The Kier molecular flexibility index (Phi) is 2.91. The van der Waals surface area contributed by atoms with Crippen LogP contribution in [0.4, 0.5) is 0 Å². The summed E-state index contributed by atoms with van der Waals surface area (Å²) in [5, 5.41) is 18.9. The fourth-order valence-corrected chi connectivity index (χ4v) is 3.05. The molecule has 2 saturated carbocycles. The molecule has 108 valence electrons. The van der Waals surface area contributed by atoms with Crippen LogP contribution in [-0.4, -0.2) is 35.8 Å². The van der Waals surface area contributed by atoms with Crippen molar-refractivity contribution in [2.24, 2.45) is 0 Å². The van der Waals surface area contributed by atoms with Crippen molar-refractivity contribution < 1.29 is 9.90 Å². The van der Waals surface area contributed by atoms with Crippen LogP contribution >= 0.6 is 11.8 Å². The molecule has 0 unspecified atom stereocenters. The molecule has 0 aliphatic heterocycles.